The van der Waals surface area contributed by atoms with Crippen LogP contribution in [0.25, 0.3) is 10.9 Å². The summed E-state index contributed by atoms with van der Waals surface area (Å²) < 4.78 is 20.3. The molecule has 1 aromatic heterocycles. The molecular formula is C15H14FNO4. The van der Waals surface area contributed by atoms with Crippen LogP contribution >= 0.6 is 0 Å². The number of carbonyl (C=O) groups is 1. The van der Waals surface area contributed by atoms with Crippen LogP contribution in [0.5, 0.6) is 5.75 Å². The summed E-state index contributed by atoms with van der Waals surface area (Å²) in [6, 6.07) is 2.81. The van der Waals surface area contributed by atoms with Crippen LogP contribution in [0, 0.1) is 6.92 Å². The Kier molecular flexibility index (Phi) is 2.97. The number of alkyl halides is 1. The Morgan fingerprint density at radius 1 is 1.48 bits per heavy atom. The maximum Gasteiger partial charge on any atom is 0.341 e. The third-order valence-corrected chi connectivity index (χ3v) is 3.82. The molecule has 5 nitrogen and oxygen atoms in total. The first-order valence-electron chi connectivity index (χ1n) is 6.55. The molecule has 2 aromatic rings. The van der Waals surface area contributed by atoms with E-state index < -0.39 is 23.6 Å². The van der Waals surface area contributed by atoms with Gasteiger partial charge in [-0.05, 0) is 18.6 Å². The summed E-state index contributed by atoms with van der Waals surface area (Å²) in [6.45, 7) is 1.82. The average Bonchev–Trinajstić information content (AvgIpc) is 3.15. The number of hydrogen-bond donors (Lipinski definition) is 1. The zero-order chi connectivity index (χ0) is 15.3. The van der Waals surface area contributed by atoms with E-state index in [2.05, 4.69) is 0 Å². The van der Waals surface area contributed by atoms with Crippen molar-refractivity contribution in [2.45, 2.75) is 25.6 Å². The quantitative estimate of drug-likeness (QED) is 0.942. The third kappa shape index (κ3) is 1.98. The molecule has 1 aromatic carbocycles. The standard InChI is InChI=1S/C15H14FNO4/c1-7-3-4-8-12(14(7)21-2)17(11-5-10(11)16)6-9(13(8)18)15(19)20/h3-4,6,10-11H,5H2,1-2H3,(H,19,20)/t10-,11+/m0/s1. The van der Waals surface area contributed by atoms with Gasteiger partial charge in [0.2, 0.25) is 5.43 Å². The second kappa shape index (κ2) is 4.58. The van der Waals surface area contributed by atoms with Gasteiger partial charge in [0.25, 0.3) is 0 Å². The predicted octanol–water partition coefficient (Wildman–Crippen LogP) is 2.30. The van der Waals surface area contributed by atoms with Gasteiger partial charge in [0.15, 0.2) is 0 Å². The normalized spacial score (nSPS) is 20.5. The number of rotatable bonds is 3. The molecule has 1 N–H and O–H groups in total. The molecule has 0 spiro atoms. The topological polar surface area (TPSA) is 68.5 Å². The smallest absolute Gasteiger partial charge is 0.341 e. The molecule has 1 aliphatic carbocycles. The van der Waals surface area contributed by atoms with Gasteiger partial charge in [-0.2, -0.15) is 0 Å². The molecular weight excluding hydrogens is 277 g/mol. The molecule has 2 atom stereocenters. The van der Waals surface area contributed by atoms with Gasteiger partial charge >= 0.3 is 5.97 Å². The molecule has 0 amide bonds. The van der Waals surface area contributed by atoms with E-state index >= 15 is 0 Å². The summed E-state index contributed by atoms with van der Waals surface area (Å²) in [5.74, 6) is -0.841. The second-order valence-electron chi connectivity index (χ2n) is 5.22. The highest BCUT2D eigenvalue weighted by molar-refractivity contribution is 5.95. The number of fused-ring (bicyclic) bond motifs is 1. The first-order chi connectivity index (χ1) is 9.95. The van der Waals surface area contributed by atoms with Gasteiger partial charge < -0.3 is 14.4 Å². The minimum absolute atomic E-state index is 0.233. The Balaban J connectivity index is 2.46. The number of nitrogens with zero attached hydrogens (tertiary/aromatic N) is 1. The molecule has 0 bridgehead atoms. The number of hydrogen-bond acceptors (Lipinski definition) is 3. The van der Waals surface area contributed by atoms with Crippen molar-refractivity contribution in [3.05, 3.63) is 39.7 Å². The molecule has 0 aliphatic heterocycles. The molecule has 1 saturated carbocycles. The number of pyridine rings is 1. The van der Waals surface area contributed by atoms with Crippen LogP contribution in [-0.4, -0.2) is 28.9 Å². The summed E-state index contributed by atoms with van der Waals surface area (Å²) >= 11 is 0. The number of aromatic nitrogens is 1. The Hall–Kier alpha value is -2.37. The van der Waals surface area contributed by atoms with Crippen LogP contribution in [-0.2, 0) is 0 Å². The third-order valence-electron chi connectivity index (χ3n) is 3.82. The van der Waals surface area contributed by atoms with Crippen molar-refractivity contribution in [1.82, 2.24) is 4.57 Å². The van der Waals surface area contributed by atoms with Crippen LogP contribution in [0.3, 0.4) is 0 Å². The van der Waals surface area contributed by atoms with E-state index in [1.165, 1.54) is 17.9 Å². The number of ether oxygens (including phenoxy) is 1. The van der Waals surface area contributed by atoms with E-state index in [0.29, 0.717) is 17.7 Å². The van der Waals surface area contributed by atoms with E-state index in [0.717, 1.165) is 5.56 Å². The van der Waals surface area contributed by atoms with Gasteiger partial charge in [-0.25, -0.2) is 9.18 Å². The summed E-state index contributed by atoms with van der Waals surface area (Å²) in [5, 5.41) is 9.39. The number of carboxylic acids is 1. The van der Waals surface area contributed by atoms with Crippen LogP contribution in [0.2, 0.25) is 0 Å². The van der Waals surface area contributed by atoms with Crippen molar-refractivity contribution in [1.29, 1.82) is 0 Å². The monoisotopic (exact) mass is 291 g/mol. The molecule has 21 heavy (non-hydrogen) atoms. The fraction of sp³-hybridized carbons (Fsp3) is 0.333. The highest BCUT2D eigenvalue weighted by Gasteiger charge is 2.40. The molecule has 0 unspecified atom stereocenters. The second-order valence-corrected chi connectivity index (χ2v) is 5.22. The molecule has 0 saturated heterocycles. The summed E-state index contributed by atoms with van der Waals surface area (Å²) in [4.78, 5) is 23.5. The first-order valence-corrected chi connectivity index (χ1v) is 6.55. The number of halogens is 1. The summed E-state index contributed by atoms with van der Waals surface area (Å²) in [7, 11) is 1.47. The maximum atomic E-state index is 13.5. The van der Waals surface area contributed by atoms with Crippen molar-refractivity contribution >= 4 is 16.9 Å². The Morgan fingerprint density at radius 2 is 2.14 bits per heavy atom. The number of aryl methyl sites for hydroxylation is 1. The van der Waals surface area contributed by atoms with Crippen LogP contribution in [0.4, 0.5) is 4.39 Å². The Labute approximate surface area is 119 Å². The molecule has 110 valence electrons. The van der Waals surface area contributed by atoms with Gasteiger partial charge in [0.1, 0.15) is 17.5 Å². The molecule has 6 heteroatoms. The number of methoxy groups -OCH3 is 1. The lowest BCUT2D eigenvalue weighted by atomic mass is 10.1. The van der Waals surface area contributed by atoms with Crippen LogP contribution in [0.1, 0.15) is 28.4 Å². The highest BCUT2D eigenvalue weighted by atomic mass is 19.1. The minimum atomic E-state index is -1.31. The van der Waals surface area contributed by atoms with Gasteiger partial charge in [-0.15, -0.1) is 0 Å². The van der Waals surface area contributed by atoms with Crippen molar-refractivity contribution < 1.29 is 19.0 Å². The predicted molar refractivity (Wildman–Crippen MR) is 75.0 cm³/mol. The first kappa shape index (κ1) is 13.6. The van der Waals surface area contributed by atoms with E-state index in [-0.39, 0.29) is 10.9 Å². The van der Waals surface area contributed by atoms with E-state index in [4.69, 9.17) is 9.84 Å². The largest absolute Gasteiger partial charge is 0.494 e. The van der Waals surface area contributed by atoms with Crippen molar-refractivity contribution in [2.75, 3.05) is 7.11 Å². The highest BCUT2D eigenvalue weighted by Crippen LogP contribution is 2.42. The fourth-order valence-electron chi connectivity index (χ4n) is 2.63. The zero-order valence-corrected chi connectivity index (χ0v) is 11.6. The number of carboxylic acid groups (broad SMARTS) is 1. The Bertz CT molecular complexity index is 811. The Morgan fingerprint density at radius 3 is 2.67 bits per heavy atom. The van der Waals surface area contributed by atoms with Crippen LogP contribution in [0.15, 0.2) is 23.1 Å². The maximum absolute atomic E-state index is 13.5. The zero-order valence-electron chi connectivity index (χ0n) is 11.6. The molecule has 1 aliphatic rings. The van der Waals surface area contributed by atoms with Crippen molar-refractivity contribution in [2.24, 2.45) is 0 Å². The fourth-order valence-corrected chi connectivity index (χ4v) is 2.63. The molecule has 1 heterocycles. The van der Waals surface area contributed by atoms with Crippen molar-refractivity contribution in [3.8, 4) is 5.75 Å². The molecule has 3 rings (SSSR count). The van der Waals surface area contributed by atoms with E-state index in [9.17, 15) is 14.0 Å². The molecule has 0 radical (unpaired) electrons. The van der Waals surface area contributed by atoms with Crippen molar-refractivity contribution in [3.63, 3.8) is 0 Å². The van der Waals surface area contributed by atoms with Gasteiger partial charge in [0, 0.05) is 12.6 Å². The lowest BCUT2D eigenvalue weighted by Gasteiger charge is -2.16. The molecule has 1 fully saturated rings. The van der Waals surface area contributed by atoms with Gasteiger partial charge in [-0.3, -0.25) is 4.79 Å². The minimum Gasteiger partial charge on any atom is -0.494 e. The lowest BCUT2D eigenvalue weighted by Crippen LogP contribution is -2.19. The lowest BCUT2D eigenvalue weighted by molar-refractivity contribution is 0.0694. The van der Waals surface area contributed by atoms with Crippen LogP contribution < -0.4 is 10.2 Å². The number of aromatic carboxylic acids is 1. The summed E-state index contributed by atoms with van der Waals surface area (Å²) in [6.07, 6.45) is 0.510. The van der Waals surface area contributed by atoms with E-state index in [1.54, 1.807) is 12.1 Å². The van der Waals surface area contributed by atoms with Gasteiger partial charge in [-0.1, -0.05) is 6.07 Å². The average molecular weight is 291 g/mol. The number of benzene rings is 1. The SMILES string of the molecule is COc1c(C)ccc2c(=O)c(C(=O)O)cn([C@@H]3C[C@@H]3F)c12. The summed E-state index contributed by atoms with van der Waals surface area (Å²) in [5.41, 5.74) is 0.325. The van der Waals surface area contributed by atoms with Gasteiger partial charge in [0.05, 0.1) is 24.1 Å². The van der Waals surface area contributed by atoms with E-state index in [1.807, 2.05) is 6.92 Å².